The number of fused-ring (bicyclic) bond motifs is 2. The summed E-state index contributed by atoms with van der Waals surface area (Å²) >= 11 is 0. The summed E-state index contributed by atoms with van der Waals surface area (Å²) < 4.78 is 11.2. The van der Waals surface area contributed by atoms with Gasteiger partial charge >= 0.3 is 5.97 Å². The van der Waals surface area contributed by atoms with Crippen LogP contribution in [0.5, 0.6) is 0 Å². The van der Waals surface area contributed by atoms with E-state index in [1.807, 2.05) is 44.3 Å². The topological polar surface area (TPSA) is 72.1 Å². The highest BCUT2D eigenvalue weighted by Gasteiger charge is 2.23. The van der Waals surface area contributed by atoms with E-state index >= 15 is 0 Å². The van der Waals surface area contributed by atoms with Gasteiger partial charge in [-0.3, -0.25) is 14.6 Å². The molecule has 2 aliphatic rings. The number of ether oxygens (including phenoxy) is 1. The van der Waals surface area contributed by atoms with Gasteiger partial charge in [-0.05, 0) is 87.1 Å². The fraction of sp³-hybridized carbons (Fsp3) is 0.364. The van der Waals surface area contributed by atoms with Crippen LogP contribution in [0, 0.1) is 20.8 Å². The zero-order chi connectivity index (χ0) is 28.1. The number of benzene rings is 3. The van der Waals surface area contributed by atoms with E-state index in [4.69, 9.17) is 9.15 Å². The minimum Gasteiger partial charge on any atom is -0.469 e. The lowest BCUT2D eigenvalue weighted by Crippen LogP contribution is -2.28. The molecular weight excluding hydrogens is 488 g/mol. The molecule has 0 atom stereocenters. The lowest BCUT2D eigenvalue weighted by molar-refractivity contribution is -0.140. The number of nitrogens with zero attached hydrogens (tertiary/aromatic N) is 2. The molecule has 204 valence electrons. The summed E-state index contributed by atoms with van der Waals surface area (Å²) in [5.74, 6) is 0.525. The third-order valence-electron chi connectivity index (χ3n) is 7.36. The third-order valence-corrected chi connectivity index (χ3v) is 7.36. The molecule has 2 aromatic carbocycles. The molecule has 0 saturated heterocycles. The molecule has 0 unspecified atom stereocenters. The van der Waals surface area contributed by atoms with Crippen molar-refractivity contribution in [2.75, 3.05) is 27.2 Å². The first-order chi connectivity index (χ1) is 18.7. The van der Waals surface area contributed by atoms with Crippen LogP contribution in [0.25, 0.3) is 33.4 Å². The van der Waals surface area contributed by atoms with E-state index in [1.54, 1.807) is 4.90 Å². The summed E-state index contributed by atoms with van der Waals surface area (Å²) in [5, 5.41) is 1.90. The molecule has 1 heterocycles. The Morgan fingerprint density at radius 1 is 0.923 bits per heavy atom. The number of esters is 1. The second kappa shape index (κ2) is 12.3. The number of carbonyl (C=O) groups is 2. The van der Waals surface area contributed by atoms with Gasteiger partial charge in [0.15, 0.2) is 0 Å². The van der Waals surface area contributed by atoms with E-state index < -0.39 is 0 Å². The highest BCUT2D eigenvalue weighted by atomic mass is 16.5. The Balaban J connectivity index is 1.80. The summed E-state index contributed by atoms with van der Waals surface area (Å²) in [6, 6.07) is 16.2. The molecule has 0 bridgehead atoms. The highest BCUT2D eigenvalue weighted by Crippen LogP contribution is 2.42. The molecule has 0 radical (unpaired) electrons. The third kappa shape index (κ3) is 6.06. The minimum absolute atomic E-state index is 0.0289. The zero-order valence-corrected chi connectivity index (χ0v) is 23.9. The van der Waals surface area contributed by atoms with Gasteiger partial charge in [-0.15, -0.1) is 0 Å². The van der Waals surface area contributed by atoms with Gasteiger partial charge < -0.3 is 14.1 Å². The minimum atomic E-state index is -0.196. The molecule has 0 spiro atoms. The molecule has 1 amide bonds. The van der Waals surface area contributed by atoms with Crippen LogP contribution in [0.1, 0.15) is 59.7 Å². The van der Waals surface area contributed by atoms with E-state index in [2.05, 4.69) is 44.0 Å². The van der Waals surface area contributed by atoms with E-state index in [1.165, 1.54) is 12.7 Å². The maximum atomic E-state index is 13.8. The molecule has 1 aliphatic carbocycles. The summed E-state index contributed by atoms with van der Waals surface area (Å²) in [6.45, 7) is 9.57. The van der Waals surface area contributed by atoms with Crippen molar-refractivity contribution < 1.29 is 18.7 Å². The Labute approximate surface area is 230 Å². The van der Waals surface area contributed by atoms with Crippen LogP contribution in [0.15, 0.2) is 57.9 Å². The number of hydrogen-bond donors (Lipinski definition) is 0. The van der Waals surface area contributed by atoms with Crippen molar-refractivity contribution in [3.63, 3.8) is 0 Å². The van der Waals surface area contributed by atoms with Crippen LogP contribution < -0.4 is 5.36 Å². The van der Waals surface area contributed by atoms with E-state index in [0.717, 1.165) is 69.2 Å². The fourth-order valence-electron chi connectivity index (χ4n) is 5.01. The smallest absolute Gasteiger partial charge is 0.305 e. The molecule has 2 aromatic rings. The van der Waals surface area contributed by atoms with Crippen LogP contribution >= 0.6 is 0 Å². The number of aryl methyl sites for hydroxylation is 3. The summed E-state index contributed by atoms with van der Waals surface area (Å²) in [4.78, 5) is 31.6. The van der Waals surface area contributed by atoms with Crippen LogP contribution in [-0.4, -0.2) is 44.0 Å². The van der Waals surface area contributed by atoms with Gasteiger partial charge in [0.05, 0.1) is 12.5 Å². The number of methoxy groups -OCH3 is 1. The Morgan fingerprint density at radius 3 is 2.41 bits per heavy atom. The van der Waals surface area contributed by atoms with Crippen molar-refractivity contribution in [3.05, 3.63) is 76.1 Å². The number of unbranched alkanes of at least 4 members (excludes halogenated alkanes) is 2. The number of amides is 1. The lowest BCUT2D eigenvalue weighted by Gasteiger charge is -2.22. The molecule has 0 saturated carbocycles. The van der Waals surface area contributed by atoms with Crippen LogP contribution in [0.4, 0.5) is 0 Å². The Bertz CT molecular complexity index is 1550. The molecule has 0 N–H and O–H groups in total. The molecule has 0 fully saturated rings. The quantitative estimate of drug-likeness (QED) is 0.136. The van der Waals surface area contributed by atoms with Crippen molar-refractivity contribution in [1.29, 1.82) is 0 Å². The molecule has 1 aliphatic heterocycles. The number of rotatable bonds is 9. The summed E-state index contributed by atoms with van der Waals surface area (Å²) in [6.07, 6.45) is 2.83. The largest absolute Gasteiger partial charge is 0.469 e. The predicted molar refractivity (Wildman–Crippen MR) is 156 cm³/mol. The van der Waals surface area contributed by atoms with Crippen molar-refractivity contribution in [2.24, 2.45) is 4.99 Å². The van der Waals surface area contributed by atoms with Crippen LogP contribution in [0.2, 0.25) is 0 Å². The van der Waals surface area contributed by atoms with Crippen LogP contribution in [-0.2, 0) is 9.53 Å². The Hall–Kier alpha value is -3.93. The fourth-order valence-corrected chi connectivity index (χ4v) is 5.01. The Morgan fingerprint density at radius 2 is 1.67 bits per heavy atom. The monoisotopic (exact) mass is 526 g/mol. The summed E-state index contributed by atoms with van der Waals surface area (Å²) in [5.41, 5.74) is 7.67. The zero-order valence-electron chi connectivity index (χ0n) is 23.9. The molecule has 4 rings (SSSR count). The van der Waals surface area contributed by atoms with Gasteiger partial charge in [0.1, 0.15) is 11.3 Å². The van der Waals surface area contributed by atoms with Gasteiger partial charge in [0.25, 0.3) is 5.91 Å². The second-order valence-electron chi connectivity index (χ2n) is 10.2. The van der Waals surface area contributed by atoms with Gasteiger partial charge in [-0.25, -0.2) is 0 Å². The number of carbonyl (C=O) groups excluding carboxylic acids is 2. The predicted octanol–water partition coefficient (Wildman–Crippen LogP) is 6.86. The highest BCUT2D eigenvalue weighted by molar-refractivity contribution is 6.09. The lowest BCUT2D eigenvalue weighted by atomic mass is 9.88. The van der Waals surface area contributed by atoms with E-state index in [0.29, 0.717) is 25.1 Å². The van der Waals surface area contributed by atoms with Crippen LogP contribution in [0.3, 0.4) is 0 Å². The first-order valence-electron chi connectivity index (χ1n) is 13.7. The average molecular weight is 527 g/mol. The van der Waals surface area contributed by atoms with Crippen molar-refractivity contribution in [1.82, 2.24) is 4.90 Å². The van der Waals surface area contributed by atoms with Gasteiger partial charge in [-0.2, -0.15) is 0 Å². The van der Waals surface area contributed by atoms with Crippen molar-refractivity contribution >= 4 is 22.8 Å². The molecule has 39 heavy (non-hydrogen) atoms. The average Bonchev–Trinajstić information content (AvgIpc) is 2.92. The normalized spacial score (nSPS) is 11.8. The van der Waals surface area contributed by atoms with Gasteiger partial charge in [-0.1, -0.05) is 24.6 Å². The molecule has 6 heteroatoms. The Kier molecular flexibility index (Phi) is 8.85. The maximum Gasteiger partial charge on any atom is 0.305 e. The van der Waals surface area contributed by atoms with Gasteiger partial charge in [0, 0.05) is 54.7 Å². The molecule has 0 aromatic heterocycles. The molecular formula is C33H38N2O4. The standard InChI is InChI=1S/C33H38N2O4/c1-7-34-28-20-30-27(18-23(28)4)32(26-17-21(2)22(3)19-29(26)39-30)24-13-10-11-14-25(24)33(37)35(5)16-12-8-9-15-31(36)38-6/h10-11,13-14,17-20H,7-9,12,15-16H2,1-6H3/b34-28-. The van der Waals surface area contributed by atoms with Crippen molar-refractivity contribution in [3.8, 4) is 22.5 Å². The first kappa shape index (κ1) is 28.1. The number of hydrogen-bond acceptors (Lipinski definition) is 5. The van der Waals surface area contributed by atoms with E-state index in [9.17, 15) is 9.59 Å². The molecule has 6 nitrogen and oxygen atoms in total. The second-order valence-corrected chi connectivity index (χ2v) is 10.2. The SMILES string of the molecule is CC/N=c1/cc2oc3cc(C)c(C)cc3c(-c3ccccc3C(=O)N(C)CCCCCC(=O)OC)c-2cc1C. The van der Waals surface area contributed by atoms with Gasteiger partial charge in [0.2, 0.25) is 0 Å². The maximum absolute atomic E-state index is 13.8. The van der Waals surface area contributed by atoms with Crippen molar-refractivity contribution in [2.45, 2.75) is 53.4 Å². The first-order valence-corrected chi connectivity index (χ1v) is 13.7. The van der Waals surface area contributed by atoms with E-state index in [-0.39, 0.29) is 11.9 Å². The summed E-state index contributed by atoms with van der Waals surface area (Å²) in [7, 11) is 3.24.